The van der Waals surface area contributed by atoms with Gasteiger partial charge in [0.1, 0.15) is 4.90 Å². The Kier molecular flexibility index (Phi) is 6.10. The molecule has 0 atom stereocenters. The van der Waals surface area contributed by atoms with Gasteiger partial charge in [-0.05, 0) is 75.7 Å². The first-order valence-electron chi connectivity index (χ1n) is 8.00. The average molecular weight is 497 g/mol. The first-order valence-corrected chi connectivity index (χ1v) is 11.0. The molecule has 1 fully saturated rings. The van der Waals surface area contributed by atoms with E-state index in [1.54, 1.807) is 12.1 Å². The Bertz CT molecular complexity index is 1140. The van der Waals surface area contributed by atoms with E-state index in [4.69, 9.17) is 4.18 Å². The third kappa shape index (κ3) is 5.25. The standard InChI is InChI=1S/C18H13BrN2O6S2/c1-10(22)20-12-3-5-13(6-4-12)29(25,26)27-15-7-2-11(8-14(15)19)9-16-17(23)21-18(24)28-16/h2-9H,1H3,(H,20,22)(H,21,23,24)/b16-9-. The predicted octanol–water partition coefficient (Wildman–Crippen LogP) is 3.50. The SMILES string of the molecule is CC(=O)Nc1ccc(S(=O)(=O)Oc2ccc(/C=C3\SC(=O)NC3=O)cc2Br)cc1. The molecule has 29 heavy (non-hydrogen) atoms. The fourth-order valence-electron chi connectivity index (χ4n) is 2.32. The van der Waals surface area contributed by atoms with Crippen LogP contribution in [0.2, 0.25) is 0 Å². The lowest BCUT2D eigenvalue weighted by molar-refractivity contribution is -0.115. The summed E-state index contributed by atoms with van der Waals surface area (Å²) in [6.45, 7) is 1.35. The van der Waals surface area contributed by atoms with Crippen LogP contribution in [-0.2, 0) is 19.7 Å². The van der Waals surface area contributed by atoms with Crippen LogP contribution in [0.5, 0.6) is 5.75 Å². The fraction of sp³-hybridized carbons (Fsp3) is 0.0556. The van der Waals surface area contributed by atoms with Gasteiger partial charge in [-0.25, -0.2) is 0 Å². The van der Waals surface area contributed by atoms with Crippen molar-refractivity contribution in [2.75, 3.05) is 5.32 Å². The summed E-state index contributed by atoms with van der Waals surface area (Å²) in [5, 5.41) is 4.25. The summed E-state index contributed by atoms with van der Waals surface area (Å²) in [6, 6.07) is 10.1. The minimum atomic E-state index is -4.10. The summed E-state index contributed by atoms with van der Waals surface area (Å²) >= 11 is 4.03. The Morgan fingerprint density at radius 3 is 2.41 bits per heavy atom. The van der Waals surface area contributed by atoms with Gasteiger partial charge in [0, 0.05) is 12.6 Å². The van der Waals surface area contributed by atoms with E-state index >= 15 is 0 Å². The lowest BCUT2D eigenvalue weighted by atomic mass is 10.2. The number of imide groups is 1. The third-order valence-electron chi connectivity index (χ3n) is 3.56. The molecule has 2 N–H and O–H groups in total. The first kappa shape index (κ1) is 21.1. The van der Waals surface area contributed by atoms with Crippen LogP contribution in [0.15, 0.2) is 56.7 Å². The van der Waals surface area contributed by atoms with Crippen LogP contribution in [0.4, 0.5) is 10.5 Å². The lowest BCUT2D eigenvalue weighted by Gasteiger charge is -2.10. The number of carbonyl (C=O) groups excluding carboxylic acids is 3. The Morgan fingerprint density at radius 2 is 1.86 bits per heavy atom. The van der Waals surface area contributed by atoms with E-state index in [9.17, 15) is 22.8 Å². The molecule has 0 spiro atoms. The van der Waals surface area contributed by atoms with Crippen LogP contribution in [0.1, 0.15) is 12.5 Å². The van der Waals surface area contributed by atoms with Gasteiger partial charge in [-0.2, -0.15) is 8.42 Å². The van der Waals surface area contributed by atoms with Gasteiger partial charge in [0.05, 0.1) is 9.38 Å². The number of hydrogen-bond donors (Lipinski definition) is 2. The quantitative estimate of drug-likeness (QED) is 0.480. The molecule has 3 rings (SSSR count). The topological polar surface area (TPSA) is 119 Å². The summed E-state index contributed by atoms with van der Waals surface area (Å²) in [7, 11) is -4.10. The molecular formula is C18H13BrN2O6S2. The molecule has 0 aromatic heterocycles. The van der Waals surface area contributed by atoms with Crippen molar-refractivity contribution in [1.29, 1.82) is 0 Å². The van der Waals surface area contributed by atoms with E-state index < -0.39 is 21.3 Å². The van der Waals surface area contributed by atoms with Crippen molar-refractivity contribution in [3.63, 3.8) is 0 Å². The Hall–Kier alpha value is -2.63. The minimum absolute atomic E-state index is 0.0534. The fourth-order valence-corrected chi connectivity index (χ4v) is 4.54. The highest BCUT2D eigenvalue weighted by Crippen LogP contribution is 2.32. The summed E-state index contributed by atoms with van der Waals surface area (Å²) in [4.78, 5) is 34.0. The van der Waals surface area contributed by atoms with Gasteiger partial charge in [0.15, 0.2) is 5.75 Å². The smallest absolute Gasteiger partial charge is 0.339 e. The number of hydrogen-bond acceptors (Lipinski definition) is 7. The van der Waals surface area contributed by atoms with Gasteiger partial charge in [0.25, 0.3) is 11.1 Å². The Morgan fingerprint density at radius 1 is 1.17 bits per heavy atom. The maximum Gasteiger partial charge on any atom is 0.339 e. The van der Waals surface area contributed by atoms with E-state index in [1.807, 2.05) is 0 Å². The zero-order chi connectivity index (χ0) is 21.2. The summed E-state index contributed by atoms with van der Waals surface area (Å²) < 4.78 is 30.5. The highest BCUT2D eigenvalue weighted by molar-refractivity contribution is 9.10. The maximum absolute atomic E-state index is 12.5. The number of rotatable bonds is 5. The van der Waals surface area contributed by atoms with Gasteiger partial charge in [-0.15, -0.1) is 0 Å². The highest BCUT2D eigenvalue weighted by Gasteiger charge is 2.25. The van der Waals surface area contributed by atoms with E-state index in [0.29, 0.717) is 15.7 Å². The molecule has 150 valence electrons. The van der Waals surface area contributed by atoms with Crippen molar-refractivity contribution < 1.29 is 27.0 Å². The average Bonchev–Trinajstić information content (AvgIpc) is 2.94. The highest BCUT2D eigenvalue weighted by atomic mass is 79.9. The zero-order valence-electron chi connectivity index (χ0n) is 14.8. The van der Waals surface area contributed by atoms with Crippen LogP contribution in [0.25, 0.3) is 6.08 Å². The minimum Gasteiger partial charge on any atom is -0.378 e. The molecule has 0 saturated carbocycles. The number of carbonyl (C=O) groups is 3. The van der Waals surface area contributed by atoms with Gasteiger partial charge in [-0.3, -0.25) is 19.7 Å². The van der Waals surface area contributed by atoms with Gasteiger partial charge in [-0.1, -0.05) is 6.07 Å². The largest absolute Gasteiger partial charge is 0.378 e. The first-order chi connectivity index (χ1) is 13.6. The van der Waals surface area contributed by atoms with E-state index in [-0.39, 0.29) is 21.5 Å². The van der Waals surface area contributed by atoms with Gasteiger partial charge >= 0.3 is 10.1 Å². The van der Waals surface area contributed by atoms with Crippen LogP contribution >= 0.6 is 27.7 Å². The molecule has 0 unspecified atom stereocenters. The van der Waals surface area contributed by atoms with Crippen LogP contribution in [0.3, 0.4) is 0 Å². The van der Waals surface area contributed by atoms with Crippen LogP contribution < -0.4 is 14.8 Å². The maximum atomic E-state index is 12.5. The van der Waals surface area contributed by atoms with Crippen molar-refractivity contribution in [3.8, 4) is 5.75 Å². The summed E-state index contributed by atoms with van der Waals surface area (Å²) in [5.74, 6) is -0.701. The summed E-state index contributed by atoms with van der Waals surface area (Å²) in [6.07, 6.45) is 1.51. The molecule has 0 aliphatic carbocycles. The molecule has 0 radical (unpaired) electrons. The van der Waals surface area contributed by atoms with E-state index in [2.05, 4.69) is 26.6 Å². The monoisotopic (exact) mass is 496 g/mol. The number of halogens is 1. The van der Waals surface area contributed by atoms with Crippen LogP contribution in [0, 0.1) is 0 Å². The predicted molar refractivity (Wildman–Crippen MR) is 112 cm³/mol. The van der Waals surface area contributed by atoms with E-state index in [1.165, 1.54) is 43.3 Å². The number of benzene rings is 2. The Balaban J connectivity index is 1.79. The van der Waals surface area contributed by atoms with E-state index in [0.717, 1.165) is 11.8 Å². The molecule has 1 aliphatic heterocycles. The number of nitrogens with one attached hydrogen (secondary N) is 2. The molecule has 8 nitrogen and oxygen atoms in total. The van der Waals surface area contributed by atoms with Gasteiger partial charge in [0.2, 0.25) is 5.91 Å². The number of thioether (sulfide) groups is 1. The van der Waals surface area contributed by atoms with Crippen molar-refractivity contribution >= 4 is 66.6 Å². The molecule has 2 aromatic carbocycles. The van der Waals surface area contributed by atoms with Crippen LogP contribution in [-0.4, -0.2) is 25.5 Å². The lowest BCUT2D eigenvalue weighted by Crippen LogP contribution is -2.17. The Labute approximate surface area is 179 Å². The molecule has 1 heterocycles. The van der Waals surface area contributed by atoms with Gasteiger partial charge < -0.3 is 9.50 Å². The molecule has 0 bridgehead atoms. The molecule has 11 heteroatoms. The summed E-state index contributed by atoms with van der Waals surface area (Å²) in [5.41, 5.74) is 1.04. The molecule has 2 aromatic rings. The normalized spacial score (nSPS) is 15.3. The van der Waals surface area contributed by atoms with Crippen molar-refractivity contribution in [2.24, 2.45) is 0 Å². The van der Waals surface area contributed by atoms with Crippen molar-refractivity contribution in [2.45, 2.75) is 11.8 Å². The second kappa shape index (κ2) is 8.39. The second-order valence-corrected chi connectivity index (χ2v) is 9.20. The number of anilines is 1. The molecule has 1 aliphatic rings. The third-order valence-corrected chi connectivity index (χ3v) is 6.24. The second-order valence-electron chi connectivity index (χ2n) is 5.79. The zero-order valence-corrected chi connectivity index (χ0v) is 18.0. The number of amides is 3. The molecule has 3 amide bonds. The molecule has 1 saturated heterocycles. The van der Waals surface area contributed by atoms with Crippen molar-refractivity contribution in [3.05, 3.63) is 57.4 Å². The molecular weight excluding hydrogens is 484 g/mol. The van der Waals surface area contributed by atoms with Crippen molar-refractivity contribution in [1.82, 2.24) is 5.32 Å².